The molecular weight excluding hydrogens is 422 g/mol. The third-order valence-corrected chi connectivity index (χ3v) is 4.89. The molecule has 0 radical (unpaired) electrons. The average Bonchev–Trinajstić information content (AvgIpc) is 2.82. The Balaban J connectivity index is 2.00. The van der Waals surface area contributed by atoms with Crippen LogP contribution in [0.5, 0.6) is 0 Å². The molecule has 2 aromatic rings. The van der Waals surface area contributed by atoms with Gasteiger partial charge in [0.15, 0.2) is 0 Å². The van der Waals surface area contributed by atoms with Gasteiger partial charge in [0, 0.05) is 12.0 Å². The molecule has 0 aliphatic heterocycles. The van der Waals surface area contributed by atoms with E-state index in [0.717, 1.165) is 5.56 Å². The molecule has 2 atom stereocenters. The molecule has 2 aromatic carbocycles. The zero-order valence-electron chi connectivity index (χ0n) is 19.2. The average molecular weight is 454 g/mol. The number of amides is 3. The monoisotopic (exact) mass is 453 g/mol. The summed E-state index contributed by atoms with van der Waals surface area (Å²) in [6.07, 6.45) is 0.623. The molecule has 0 bridgehead atoms. The normalized spacial score (nSPS) is 12.4. The summed E-state index contributed by atoms with van der Waals surface area (Å²) in [5.74, 6) is -1.85. The van der Waals surface area contributed by atoms with Gasteiger partial charge >= 0.3 is 5.97 Å². The van der Waals surface area contributed by atoms with Gasteiger partial charge in [0.25, 0.3) is 5.91 Å². The molecule has 0 unspecified atom stereocenters. The third-order valence-electron chi connectivity index (χ3n) is 4.89. The van der Waals surface area contributed by atoms with Crippen molar-refractivity contribution in [2.75, 3.05) is 13.7 Å². The molecule has 176 valence electrons. The van der Waals surface area contributed by atoms with E-state index in [0.29, 0.717) is 12.0 Å². The number of carbonyl (C=O) groups excluding carboxylic acids is 4. The van der Waals surface area contributed by atoms with Gasteiger partial charge in [-0.15, -0.1) is 0 Å². The Morgan fingerprint density at radius 2 is 1.45 bits per heavy atom. The number of nitrogens with one attached hydrogen (secondary N) is 3. The van der Waals surface area contributed by atoms with Crippen molar-refractivity contribution in [3.05, 3.63) is 71.8 Å². The Morgan fingerprint density at radius 1 is 0.848 bits per heavy atom. The second kappa shape index (κ2) is 13.0. The minimum Gasteiger partial charge on any atom is -0.467 e. The molecule has 0 aromatic heterocycles. The summed E-state index contributed by atoms with van der Waals surface area (Å²) >= 11 is 0. The maximum atomic E-state index is 13.0. The topological polar surface area (TPSA) is 114 Å². The van der Waals surface area contributed by atoms with Crippen molar-refractivity contribution >= 4 is 23.7 Å². The molecule has 0 fully saturated rings. The van der Waals surface area contributed by atoms with E-state index in [4.69, 9.17) is 4.74 Å². The number of rotatable bonds is 11. The molecule has 8 nitrogen and oxygen atoms in total. The summed E-state index contributed by atoms with van der Waals surface area (Å²) in [4.78, 5) is 49.8. The number of carbonyl (C=O) groups is 4. The first-order valence-corrected chi connectivity index (χ1v) is 10.8. The van der Waals surface area contributed by atoms with Gasteiger partial charge in [-0.2, -0.15) is 0 Å². The zero-order valence-corrected chi connectivity index (χ0v) is 19.2. The molecule has 0 saturated carbocycles. The number of ether oxygens (including phenoxy) is 1. The minimum absolute atomic E-state index is 0.102. The van der Waals surface area contributed by atoms with Crippen LogP contribution in [0.1, 0.15) is 36.2 Å². The smallest absolute Gasteiger partial charge is 0.328 e. The Bertz CT molecular complexity index is 932. The van der Waals surface area contributed by atoms with E-state index in [9.17, 15) is 19.2 Å². The lowest BCUT2D eigenvalue weighted by Gasteiger charge is -2.23. The summed E-state index contributed by atoms with van der Waals surface area (Å²) in [5.41, 5.74) is 1.30. The fraction of sp³-hybridized carbons (Fsp3) is 0.360. The highest BCUT2D eigenvalue weighted by Gasteiger charge is 2.28. The highest BCUT2D eigenvalue weighted by Crippen LogP contribution is 2.08. The van der Waals surface area contributed by atoms with Gasteiger partial charge < -0.3 is 20.7 Å². The molecule has 33 heavy (non-hydrogen) atoms. The molecule has 3 N–H and O–H groups in total. The van der Waals surface area contributed by atoms with Gasteiger partial charge in [-0.25, -0.2) is 4.79 Å². The van der Waals surface area contributed by atoms with Crippen LogP contribution in [0.4, 0.5) is 0 Å². The van der Waals surface area contributed by atoms with Gasteiger partial charge in [0.05, 0.1) is 13.7 Å². The van der Waals surface area contributed by atoms with Crippen molar-refractivity contribution in [2.24, 2.45) is 5.92 Å². The predicted molar refractivity (Wildman–Crippen MR) is 124 cm³/mol. The Kier molecular flexibility index (Phi) is 10.1. The van der Waals surface area contributed by atoms with Crippen LogP contribution in [0, 0.1) is 5.92 Å². The highest BCUT2D eigenvalue weighted by molar-refractivity contribution is 5.97. The Hall–Kier alpha value is -3.68. The number of methoxy groups -OCH3 is 1. The fourth-order valence-electron chi connectivity index (χ4n) is 3.26. The summed E-state index contributed by atoms with van der Waals surface area (Å²) < 4.78 is 4.85. The zero-order chi connectivity index (χ0) is 24.2. The van der Waals surface area contributed by atoms with Gasteiger partial charge in [0.1, 0.15) is 12.1 Å². The molecule has 0 heterocycles. The second-order valence-corrected chi connectivity index (χ2v) is 8.07. The first-order valence-electron chi connectivity index (χ1n) is 10.8. The van der Waals surface area contributed by atoms with Crippen molar-refractivity contribution in [2.45, 2.75) is 38.8 Å². The van der Waals surface area contributed by atoms with Gasteiger partial charge in [0.2, 0.25) is 11.8 Å². The summed E-state index contributed by atoms with van der Waals surface area (Å²) in [7, 11) is 1.26. The van der Waals surface area contributed by atoms with E-state index in [2.05, 4.69) is 16.0 Å². The summed E-state index contributed by atoms with van der Waals surface area (Å²) in [6, 6.07) is 16.0. The fourth-order valence-corrected chi connectivity index (χ4v) is 3.26. The standard InChI is InChI=1S/C25H31N3O5/c1-17(2)14-20(27-22(29)16-26-23(30)19-12-8-5-9-13-19)24(31)28-21(25(32)33-3)15-18-10-6-4-7-11-18/h4-13,17,20-21H,14-16H2,1-3H3,(H,26,30)(H,27,29)(H,28,31)/t20-,21-/m0/s1. The first-order chi connectivity index (χ1) is 15.8. The van der Waals surface area contributed by atoms with Crippen LogP contribution in [0.25, 0.3) is 0 Å². The van der Waals surface area contributed by atoms with Gasteiger partial charge in [-0.05, 0) is 30.0 Å². The van der Waals surface area contributed by atoms with Crippen molar-refractivity contribution in [1.29, 1.82) is 0 Å². The first kappa shape index (κ1) is 25.6. The maximum absolute atomic E-state index is 13.0. The van der Waals surface area contributed by atoms with Crippen molar-refractivity contribution < 1.29 is 23.9 Å². The van der Waals surface area contributed by atoms with Crippen LogP contribution in [0.15, 0.2) is 60.7 Å². The maximum Gasteiger partial charge on any atom is 0.328 e. The van der Waals surface area contributed by atoms with E-state index >= 15 is 0 Å². The molecule has 8 heteroatoms. The lowest BCUT2D eigenvalue weighted by Crippen LogP contribution is -2.54. The van der Waals surface area contributed by atoms with Crippen LogP contribution in [-0.2, 0) is 25.5 Å². The second-order valence-electron chi connectivity index (χ2n) is 8.07. The number of hydrogen-bond donors (Lipinski definition) is 3. The molecule has 0 saturated heterocycles. The molecule has 0 aliphatic rings. The SMILES string of the molecule is COC(=O)[C@H](Cc1ccccc1)NC(=O)[C@H](CC(C)C)NC(=O)CNC(=O)c1ccccc1. The van der Waals surface area contributed by atoms with E-state index in [1.165, 1.54) is 7.11 Å². The number of hydrogen-bond acceptors (Lipinski definition) is 5. The summed E-state index contributed by atoms with van der Waals surface area (Å²) in [6.45, 7) is 3.57. The molecular formula is C25H31N3O5. The van der Waals surface area contributed by atoms with Crippen LogP contribution in [0.2, 0.25) is 0 Å². The van der Waals surface area contributed by atoms with E-state index in [1.807, 2.05) is 44.2 Å². The summed E-state index contributed by atoms with van der Waals surface area (Å²) in [5, 5.41) is 7.91. The Morgan fingerprint density at radius 3 is 2.03 bits per heavy atom. The molecule has 0 spiro atoms. The van der Waals surface area contributed by atoms with Crippen molar-refractivity contribution in [3.8, 4) is 0 Å². The van der Waals surface area contributed by atoms with Crippen molar-refractivity contribution in [3.63, 3.8) is 0 Å². The van der Waals surface area contributed by atoms with Crippen LogP contribution in [0.3, 0.4) is 0 Å². The van der Waals surface area contributed by atoms with Crippen LogP contribution in [-0.4, -0.2) is 49.4 Å². The van der Waals surface area contributed by atoms with Crippen LogP contribution >= 0.6 is 0 Å². The molecule has 0 aliphatic carbocycles. The minimum atomic E-state index is -0.894. The number of esters is 1. The highest BCUT2D eigenvalue weighted by atomic mass is 16.5. The van der Waals surface area contributed by atoms with Crippen molar-refractivity contribution in [1.82, 2.24) is 16.0 Å². The Labute approximate surface area is 194 Å². The third kappa shape index (κ3) is 8.76. The predicted octanol–water partition coefficient (Wildman–Crippen LogP) is 1.85. The van der Waals surface area contributed by atoms with Gasteiger partial charge in [-0.3, -0.25) is 14.4 Å². The van der Waals surface area contributed by atoms with Crippen LogP contribution < -0.4 is 16.0 Å². The largest absolute Gasteiger partial charge is 0.467 e. The lowest BCUT2D eigenvalue weighted by molar-refractivity contribution is -0.145. The van der Waals surface area contributed by atoms with Gasteiger partial charge in [-0.1, -0.05) is 62.4 Å². The molecule has 3 amide bonds. The molecule has 2 rings (SSSR count). The van der Waals surface area contributed by atoms with E-state index in [1.54, 1.807) is 30.3 Å². The van der Waals surface area contributed by atoms with E-state index in [-0.39, 0.29) is 24.8 Å². The quantitative estimate of drug-likeness (QED) is 0.450. The number of benzene rings is 2. The van der Waals surface area contributed by atoms with E-state index < -0.39 is 29.9 Å². The lowest BCUT2D eigenvalue weighted by atomic mass is 10.0.